The fourth-order valence-electron chi connectivity index (χ4n) is 1.68. The Bertz CT molecular complexity index is 727. The predicted octanol–water partition coefficient (Wildman–Crippen LogP) is 2.04. The molecular weight excluding hydrogens is 280 g/mol. The molecule has 1 aromatic heterocycles. The number of pyridine rings is 1. The van der Waals surface area contributed by atoms with Gasteiger partial charge in [0.15, 0.2) is 5.43 Å². The first-order chi connectivity index (χ1) is 10.7. The van der Waals surface area contributed by atoms with E-state index >= 15 is 0 Å². The molecule has 0 aliphatic carbocycles. The Morgan fingerprint density at radius 1 is 1.23 bits per heavy atom. The first-order valence-electron chi connectivity index (χ1n) is 6.86. The minimum absolute atomic E-state index is 0.0920. The molecule has 2 aromatic rings. The molecule has 0 radical (unpaired) electrons. The summed E-state index contributed by atoms with van der Waals surface area (Å²) in [6.45, 7) is 0.626. The molecule has 0 spiro atoms. The Hall–Kier alpha value is -3.00. The number of nitrogens with one attached hydrogen (secondary N) is 2. The molecule has 0 aliphatic heterocycles. The van der Waals surface area contributed by atoms with Crippen molar-refractivity contribution in [3.05, 3.63) is 70.1 Å². The quantitative estimate of drug-likeness (QED) is 0.670. The number of aromatic nitrogens is 1. The number of hydrogen-bond donors (Lipinski definition) is 2. The van der Waals surface area contributed by atoms with E-state index in [4.69, 9.17) is 4.74 Å². The molecule has 0 saturated carbocycles. The fourth-order valence-corrected chi connectivity index (χ4v) is 1.68. The average Bonchev–Trinajstić information content (AvgIpc) is 2.54. The van der Waals surface area contributed by atoms with Crippen molar-refractivity contribution >= 4 is 6.09 Å². The van der Waals surface area contributed by atoms with Crippen LogP contribution in [0.25, 0.3) is 0 Å². The lowest BCUT2D eigenvalue weighted by Gasteiger charge is -2.05. The molecule has 1 aromatic carbocycles. The Balaban J connectivity index is 1.66. The second-order valence-electron chi connectivity index (χ2n) is 4.48. The highest BCUT2D eigenvalue weighted by Gasteiger charge is 2.00. The van der Waals surface area contributed by atoms with E-state index in [0.29, 0.717) is 18.7 Å². The van der Waals surface area contributed by atoms with Crippen LogP contribution < -0.4 is 10.7 Å². The lowest BCUT2D eigenvalue weighted by molar-refractivity contribution is 0.140. The topological polar surface area (TPSA) is 71.2 Å². The Morgan fingerprint density at radius 2 is 2.05 bits per heavy atom. The highest BCUT2D eigenvalue weighted by Crippen LogP contribution is 2.00. The molecule has 5 nitrogen and oxygen atoms in total. The molecule has 0 saturated heterocycles. The number of alkyl carbamates (subject to hydrolysis) is 1. The summed E-state index contributed by atoms with van der Waals surface area (Å²) in [6, 6.07) is 12.3. The van der Waals surface area contributed by atoms with Gasteiger partial charge in [-0.25, -0.2) is 4.79 Å². The average molecular weight is 296 g/mol. The smallest absolute Gasteiger partial charge is 0.407 e. The van der Waals surface area contributed by atoms with E-state index in [2.05, 4.69) is 22.1 Å². The molecule has 0 atom stereocenters. The first kappa shape index (κ1) is 15.4. The summed E-state index contributed by atoms with van der Waals surface area (Å²) in [5, 5.41) is 2.61. The van der Waals surface area contributed by atoms with Gasteiger partial charge in [0.1, 0.15) is 6.61 Å². The molecule has 0 bridgehead atoms. The summed E-state index contributed by atoms with van der Waals surface area (Å²) in [7, 11) is 0. The number of benzene rings is 1. The number of H-pyrrole nitrogens is 1. The second kappa shape index (κ2) is 8.32. The van der Waals surface area contributed by atoms with Gasteiger partial charge in [0.05, 0.1) is 5.69 Å². The van der Waals surface area contributed by atoms with E-state index in [0.717, 1.165) is 5.56 Å². The van der Waals surface area contributed by atoms with Gasteiger partial charge in [-0.1, -0.05) is 36.3 Å². The molecule has 22 heavy (non-hydrogen) atoms. The van der Waals surface area contributed by atoms with Crippen LogP contribution in [0.4, 0.5) is 4.79 Å². The molecule has 0 unspecified atom stereocenters. The summed E-state index contributed by atoms with van der Waals surface area (Å²) in [5.74, 6) is 5.69. The van der Waals surface area contributed by atoms with Crippen LogP contribution in [0.3, 0.4) is 0 Å². The van der Waals surface area contributed by atoms with Crippen LogP contribution in [0, 0.1) is 11.8 Å². The zero-order valence-electron chi connectivity index (χ0n) is 12.0. The number of carbonyl (C=O) groups is 1. The third-order valence-electron chi connectivity index (χ3n) is 2.73. The number of ether oxygens (including phenoxy) is 1. The maximum atomic E-state index is 11.5. The summed E-state index contributed by atoms with van der Waals surface area (Å²) in [5.41, 5.74) is 1.40. The highest BCUT2D eigenvalue weighted by molar-refractivity contribution is 5.67. The van der Waals surface area contributed by atoms with E-state index in [9.17, 15) is 9.59 Å². The van der Waals surface area contributed by atoms with Crippen LogP contribution in [0.1, 0.15) is 17.7 Å². The van der Waals surface area contributed by atoms with Gasteiger partial charge in [-0.15, -0.1) is 0 Å². The zero-order chi connectivity index (χ0) is 15.6. The molecule has 5 heteroatoms. The summed E-state index contributed by atoms with van der Waals surface area (Å²) >= 11 is 0. The van der Waals surface area contributed by atoms with Gasteiger partial charge in [-0.3, -0.25) is 4.79 Å². The highest BCUT2D eigenvalue weighted by atomic mass is 16.5. The van der Waals surface area contributed by atoms with Gasteiger partial charge in [0, 0.05) is 31.3 Å². The van der Waals surface area contributed by atoms with E-state index < -0.39 is 6.09 Å². The molecule has 0 aliphatic rings. The first-order valence-corrected chi connectivity index (χ1v) is 6.86. The van der Waals surface area contributed by atoms with Crippen LogP contribution in [0.5, 0.6) is 0 Å². The molecule has 1 heterocycles. The van der Waals surface area contributed by atoms with E-state index in [1.807, 2.05) is 30.3 Å². The number of hydrogen-bond acceptors (Lipinski definition) is 3. The van der Waals surface area contributed by atoms with Gasteiger partial charge in [-0.05, 0) is 11.5 Å². The normalized spacial score (nSPS) is 9.45. The van der Waals surface area contributed by atoms with Gasteiger partial charge in [0.2, 0.25) is 0 Å². The predicted molar refractivity (Wildman–Crippen MR) is 83.2 cm³/mol. The van der Waals surface area contributed by atoms with Gasteiger partial charge < -0.3 is 15.0 Å². The molecular formula is C17H16N2O3. The van der Waals surface area contributed by atoms with Crippen LogP contribution in [0.15, 0.2) is 53.5 Å². The maximum Gasteiger partial charge on any atom is 0.407 e. The standard InChI is InChI=1S/C17H16N2O3/c20-16-9-11-18-15(12-16)8-4-5-10-19-17(21)22-13-14-6-2-1-3-7-14/h1-3,6-7,9,11-12H,5,10,13H2,(H,18,20)(H,19,21). The summed E-state index contributed by atoms with van der Waals surface area (Å²) < 4.78 is 5.06. The summed E-state index contributed by atoms with van der Waals surface area (Å²) in [4.78, 5) is 25.4. The maximum absolute atomic E-state index is 11.5. The SMILES string of the molecule is O=C(NCCC#Cc1cc(=O)cc[nH]1)OCc1ccccc1. The van der Waals surface area contributed by atoms with E-state index in [1.165, 1.54) is 12.1 Å². The van der Waals surface area contributed by atoms with Crippen molar-refractivity contribution in [3.63, 3.8) is 0 Å². The van der Waals surface area contributed by atoms with E-state index in [-0.39, 0.29) is 12.0 Å². The Labute approximate surface area is 128 Å². The zero-order valence-corrected chi connectivity index (χ0v) is 12.0. The number of carbonyl (C=O) groups excluding carboxylic acids is 1. The molecule has 112 valence electrons. The fraction of sp³-hybridized carbons (Fsp3) is 0.176. The monoisotopic (exact) mass is 296 g/mol. The lowest BCUT2D eigenvalue weighted by Crippen LogP contribution is -2.24. The number of amides is 1. The third-order valence-corrected chi connectivity index (χ3v) is 2.73. The minimum Gasteiger partial charge on any atom is -0.445 e. The minimum atomic E-state index is -0.473. The van der Waals surface area contributed by atoms with Crippen LogP contribution in [0.2, 0.25) is 0 Å². The van der Waals surface area contributed by atoms with Crippen molar-refractivity contribution in [1.82, 2.24) is 10.3 Å². The molecule has 1 amide bonds. The van der Waals surface area contributed by atoms with Gasteiger partial charge in [-0.2, -0.15) is 0 Å². The Morgan fingerprint density at radius 3 is 2.82 bits per heavy atom. The largest absolute Gasteiger partial charge is 0.445 e. The Kier molecular flexibility index (Phi) is 5.82. The molecule has 2 rings (SSSR count). The van der Waals surface area contributed by atoms with Crippen molar-refractivity contribution in [2.45, 2.75) is 13.0 Å². The summed E-state index contributed by atoms with van der Waals surface area (Å²) in [6.07, 6.45) is 1.54. The van der Waals surface area contributed by atoms with E-state index in [1.54, 1.807) is 6.20 Å². The van der Waals surface area contributed by atoms with Gasteiger partial charge in [0.25, 0.3) is 0 Å². The van der Waals surface area contributed by atoms with Crippen molar-refractivity contribution in [2.24, 2.45) is 0 Å². The van der Waals surface area contributed by atoms with Crippen molar-refractivity contribution < 1.29 is 9.53 Å². The second-order valence-corrected chi connectivity index (χ2v) is 4.48. The van der Waals surface area contributed by atoms with Crippen molar-refractivity contribution in [1.29, 1.82) is 0 Å². The number of rotatable bonds is 4. The van der Waals surface area contributed by atoms with Gasteiger partial charge >= 0.3 is 6.09 Å². The lowest BCUT2D eigenvalue weighted by atomic mass is 10.2. The van der Waals surface area contributed by atoms with Crippen LogP contribution >= 0.6 is 0 Å². The van der Waals surface area contributed by atoms with Crippen molar-refractivity contribution in [3.8, 4) is 11.8 Å². The van der Waals surface area contributed by atoms with Crippen LogP contribution in [-0.2, 0) is 11.3 Å². The molecule has 0 fully saturated rings. The van der Waals surface area contributed by atoms with Crippen molar-refractivity contribution in [2.75, 3.05) is 6.54 Å². The number of aromatic amines is 1. The van der Waals surface area contributed by atoms with Crippen LogP contribution in [-0.4, -0.2) is 17.6 Å². The third kappa shape index (κ3) is 5.55. The molecule has 2 N–H and O–H groups in total.